The summed E-state index contributed by atoms with van der Waals surface area (Å²) in [5.41, 5.74) is 6.29. The summed E-state index contributed by atoms with van der Waals surface area (Å²) in [7, 11) is 3.19. The van der Waals surface area contributed by atoms with Crippen LogP contribution in [-0.4, -0.2) is 31.5 Å². The smallest absolute Gasteiger partial charge is 0.160 e. The van der Waals surface area contributed by atoms with Crippen LogP contribution in [0.5, 0.6) is 11.5 Å². The highest BCUT2D eigenvalue weighted by Gasteiger charge is 2.18. The van der Waals surface area contributed by atoms with Crippen molar-refractivity contribution in [2.75, 3.05) is 20.8 Å². The fraction of sp³-hybridized carbons (Fsp3) is 0.500. The van der Waals surface area contributed by atoms with Crippen LogP contribution < -0.4 is 15.2 Å². The first kappa shape index (κ1) is 12.8. The molecule has 90 valence electrons. The van der Waals surface area contributed by atoms with Gasteiger partial charge in [-0.3, -0.25) is 0 Å². The van der Waals surface area contributed by atoms with Crippen LogP contribution in [0.2, 0.25) is 0 Å². The Morgan fingerprint density at radius 1 is 1.25 bits per heavy atom. The second kappa shape index (κ2) is 5.18. The lowest BCUT2D eigenvalue weighted by Gasteiger charge is -2.22. The van der Waals surface area contributed by atoms with E-state index in [4.69, 9.17) is 20.3 Å². The summed E-state index contributed by atoms with van der Waals surface area (Å²) in [4.78, 5) is 0. The zero-order chi connectivity index (χ0) is 12.2. The number of ether oxygens (including phenoxy) is 2. The molecule has 0 spiro atoms. The molecule has 0 saturated heterocycles. The summed E-state index contributed by atoms with van der Waals surface area (Å²) in [6, 6.07) is 5.63. The first-order valence-electron chi connectivity index (χ1n) is 5.13. The Bertz CT molecular complexity index is 350. The quantitative estimate of drug-likeness (QED) is 0.783. The molecule has 0 saturated carbocycles. The molecule has 1 aromatic rings. The van der Waals surface area contributed by atoms with Crippen LogP contribution in [0.3, 0.4) is 0 Å². The van der Waals surface area contributed by atoms with Crippen LogP contribution >= 0.6 is 0 Å². The Labute approximate surface area is 96.0 Å². The summed E-state index contributed by atoms with van der Waals surface area (Å²) < 4.78 is 10.3. The molecule has 3 N–H and O–H groups in total. The number of hydrogen-bond acceptors (Lipinski definition) is 4. The number of nitrogens with two attached hydrogens (primary N) is 1. The molecule has 1 unspecified atom stereocenters. The van der Waals surface area contributed by atoms with Gasteiger partial charge >= 0.3 is 0 Å². The van der Waals surface area contributed by atoms with Crippen molar-refractivity contribution in [2.24, 2.45) is 5.73 Å². The number of aliphatic hydroxyl groups excluding tert-OH is 1. The minimum atomic E-state index is -0.612. The Morgan fingerprint density at radius 2 is 1.88 bits per heavy atom. The standard InChI is InChI=1S/C12H19NO3/c1-12(13,8-14)7-9-4-5-10(15-2)11(6-9)16-3/h4-6,14H,7-8,13H2,1-3H3. The van der Waals surface area contributed by atoms with E-state index in [1.165, 1.54) is 0 Å². The molecule has 1 aromatic carbocycles. The van der Waals surface area contributed by atoms with E-state index < -0.39 is 5.54 Å². The molecule has 4 nitrogen and oxygen atoms in total. The second-order valence-electron chi connectivity index (χ2n) is 4.18. The Hall–Kier alpha value is -1.26. The molecular formula is C12H19NO3. The maximum absolute atomic E-state index is 9.10. The maximum atomic E-state index is 9.10. The highest BCUT2D eigenvalue weighted by molar-refractivity contribution is 5.43. The van der Waals surface area contributed by atoms with Crippen LogP contribution in [0.4, 0.5) is 0 Å². The summed E-state index contributed by atoms with van der Waals surface area (Å²) in [6.07, 6.45) is 0.587. The topological polar surface area (TPSA) is 64.7 Å². The maximum Gasteiger partial charge on any atom is 0.160 e. The molecule has 0 aliphatic heterocycles. The van der Waals surface area contributed by atoms with E-state index in [0.717, 1.165) is 5.56 Å². The molecule has 0 fully saturated rings. The molecule has 0 amide bonds. The predicted octanol–water partition coefficient (Wildman–Crippen LogP) is 0.956. The van der Waals surface area contributed by atoms with Gasteiger partial charge in [0.2, 0.25) is 0 Å². The monoisotopic (exact) mass is 225 g/mol. The molecule has 16 heavy (non-hydrogen) atoms. The zero-order valence-corrected chi connectivity index (χ0v) is 9.99. The van der Waals surface area contributed by atoms with Gasteiger partial charge in [-0.15, -0.1) is 0 Å². The minimum Gasteiger partial charge on any atom is -0.493 e. The van der Waals surface area contributed by atoms with Gasteiger partial charge in [-0.25, -0.2) is 0 Å². The molecule has 1 atom stereocenters. The number of rotatable bonds is 5. The van der Waals surface area contributed by atoms with Crippen molar-refractivity contribution in [3.63, 3.8) is 0 Å². The van der Waals surface area contributed by atoms with Gasteiger partial charge in [0.15, 0.2) is 11.5 Å². The van der Waals surface area contributed by atoms with Gasteiger partial charge in [0.05, 0.1) is 20.8 Å². The van der Waals surface area contributed by atoms with Crippen molar-refractivity contribution in [2.45, 2.75) is 18.9 Å². The first-order valence-corrected chi connectivity index (χ1v) is 5.13. The zero-order valence-electron chi connectivity index (χ0n) is 9.99. The Kier molecular flexibility index (Phi) is 4.15. The van der Waals surface area contributed by atoms with Crippen LogP contribution in [0.1, 0.15) is 12.5 Å². The molecule has 4 heteroatoms. The van der Waals surface area contributed by atoms with Crippen LogP contribution in [0.15, 0.2) is 18.2 Å². The van der Waals surface area contributed by atoms with Crippen LogP contribution in [0, 0.1) is 0 Å². The lowest BCUT2D eigenvalue weighted by molar-refractivity contribution is 0.208. The van der Waals surface area contributed by atoms with E-state index in [1.807, 2.05) is 25.1 Å². The average molecular weight is 225 g/mol. The van der Waals surface area contributed by atoms with Gasteiger partial charge in [0.1, 0.15) is 0 Å². The van der Waals surface area contributed by atoms with E-state index in [9.17, 15) is 0 Å². The summed E-state index contributed by atoms with van der Waals surface area (Å²) >= 11 is 0. The number of hydrogen-bond donors (Lipinski definition) is 2. The normalized spacial score (nSPS) is 14.3. The predicted molar refractivity (Wildman–Crippen MR) is 62.9 cm³/mol. The first-order chi connectivity index (χ1) is 7.52. The summed E-state index contributed by atoms with van der Waals surface area (Å²) in [5, 5.41) is 9.10. The summed E-state index contributed by atoms with van der Waals surface area (Å²) in [5.74, 6) is 1.36. The molecule has 0 aliphatic rings. The Morgan fingerprint density at radius 3 is 2.38 bits per heavy atom. The lowest BCUT2D eigenvalue weighted by Crippen LogP contribution is -2.42. The fourth-order valence-electron chi connectivity index (χ4n) is 1.51. The van der Waals surface area contributed by atoms with Gasteiger partial charge in [-0.2, -0.15) is 0 Å². The lowest BCUT2D eigenvalue weighted by atomic mass is 9.95. The fourth-order valence-corrected chi connectivity index (χ4v) is 1.51. The van der Waals surface area contributed by atoms with E-state index in [2.05, 4.69) is 0 Å². The van der Waals surface area contributed by atoms with Crippen molar-refractivity contribution < 1.29 is 14.6 Å². The van der Waals surface area contributed by atoms with E-state index in [-0.39, 0.29) is 6.61 Å². The molecule has 0 aliphatic carbocycles. The highest BCUT2D eigenvalue weighted by atomic mass is 16.5. The van der Waals surface area contributed by atoms with Gasteiger partial charge < -0.3 is 20.3 Å². The van der Waals surface area contributed by atoms with Crippen molar-refractivity contribution in [1.82, 2.24) is 0 Å². The largest absolute Gasteiger partial charge is 0.493 e. The average Bonchev–Trinajstić information content (AvgIpc) is 2.28. The molecular weight excluding hydrogens is 206 g/mol. The van der Waals surface area contributed by atoms with E-state index in [1.54, 1.807) is 14.2 Å². The minimum absolute atomic E-state index is 0.0542. The van der Waals surface area contributed by atoms with E-state index >= 15 is 0 Å². The number of aliphatic hydroxyl groups is 1. The van der Waals surface area contributed by atoms with Gasteiger partial charge in [-0.05, 0) is 31.0 Å². The number of methoxy groups -OCH3 is 2. The van der Waals surface area contributed by atoms with Crippen LogP contribution in [0.25, 0.3) is 0 Å². The van der Waals surface area contributed by atoms with Gasteiger partial charge in [0.25, 0.3) is 0 Å². The van der Waals surface area contributed by atoms with Gasteiger partial charge in [0, 0.05) is 5.54 Å². The molecule has 0 radical (unpaired) electrons. The van der Waals surface area contributed by atoms with E-state index in [0.29, 0.717) is 17.9 Å². The molecule has 0 aromatic heterocycles. The SMILES string of the molecule is COc1ccc(CC(C)(N)CO)cc1OC. The second-order valence-corrected chi connectivity index (χ2v) is 4.18. The third-order valence-electron chi connectivity index (χ3n) is 2.42. The van der Waals surface area contributed by atoms with Crippen molar-refractivity contribution in [3.05, 3.63) is 23.8 Å². The third kappa shape index (κ3) is 3.12. The third-order valence-corrected chi connectivity index (χ3v) is 2.42. The van der Waals surface area contributed by atoms with Crippen molar-refractivity contribution in [3.8, 4) is 11.5 Å². The Balaban J connectivity index is 2.91. The number of benzene rings is 1. The van der Waals surface area contributed by atoms with Crippen molar-refractivity contribution in [1.29, 1.82) is 0 Å². The molecule has 1 rings (SSSR count). The molecule has 0 bridgehead atoms. The van der Waals surface area contributed by atoms with Crippen LogP contribution in [-0.2, 0) is 6.42 Å². The molecule has 0 heterocycles. The highest BCUT2D eigenvalue weighted by Crippen LogP contribution is 2.28. The van der Waals surface area contributed by atoms with Crippen molar-refractivity contribution >= 4 is 0 Å². The van der Waals surface area contributed by atoms with Gasteiger partial charge in [-0.1, -0.05) is 6.07 Å². The summed E-state index contributed by atoms with van der Waals surface area (Å²) in [6.45, 7) is 1.76.